The average Bonchev–Trinajstić information content (AvgIpc) is 2.19. The van der Waals surface area contributed by atoms with Gasteiger partial charge in [0.15, 0.2) is 0 Å². The van der Waals surface area contributed by atoms with Gasteiger partial charge in [0.25, 0.3) is 7.41 Å². The Bertz CT molecular complexity index is 227. The Morgan fingerprint density at radius 2 is 2.36 bits per heavy atom. The first-order valence-corrected chi connectivity index (χ1v) is 5.13. The van der Waals surface area contributed by atoms with Crippen LogP contribution in [0, 0.1) is 5.92 Å². The van der Waals surface area contributed by atoms with Crippen molar-refractivity contribution in [3.8, 4) is 0 Å². The van der Waals surface area contributed by atoms with Crippen LogP contribution in [0.2, 0.25) is 0 Å². The van der Waals surface area contributed by atoms with Gasteiger partial charge in [-0.25, -0.2) is 4.39 Å². The highest BCUT2D eigenvalue weighted by molar-refractivity contribution is 6.64. The van der Waals surface area contributed by atoms with Gasteiger partial charge in [-0.2, -0.15) is 0 Å². The molecule has 77 valence electrons. The van der Waals surface area contributed by atoms with Crippen LogP contribution in [0.5, 0.6) is 0 Å². The predicted molar refractivity (Wildman–Crippen MR) is 53.5 cm³/mol. The summed E-state index contributed by atoms with van der Waals surface area (Å²) in [6, 6.07) is -0.118. The predicted octanol–water partition coefficient (Wildman–Crippen LogP) is -0.184. The van der Waals surface area contributed by atoms with Gasteiger partial charge in [0.1, 0.15) is 6.17 Å². The summed E-state index contributed by atoms with van der Waals surface area (Å²) in [4.78, 5) is 12.2. The van der Waals surface area contributed by atoms with E-state index in [1.165, 1.54) is 7.41 Å². The molecular formula is C9H15BFN2O. The topological polar surface area (TPSA) is 32.3 Å². The molecule has 1 aliphatic carbocycles. The second-order valence-corrected chi connectivity index (χ2v) is 4.15. The van der Waals surface area contributed by atoms with Crippen molar-refractivity contribution in [2.45, 2.75) is 31.1 Å². The lowest BCUT2D eigenvalue weighted by Gasteiger charge is -2.51. The Morgan fingerprint density at radius 1 is 1.57 bits per heavy atom. The number of alkyl halides is 1. The zero-order valence-corrected chi connectivity index (χ0v) is 8.32. The van der Waals surface area contributed by atoms with E-state index in [9.17, 15) is 9.18 Å². The van der Waals surface area contributed by atoms with Gasteiger partial charge >= 0.3 is 0 Å². The highest BCUT2D eigenvalue weighted by Gasteiger charge is 2.47. The zero-order valence-electron chi connectivity index (χ0n) is 8.32. The number of halogens is 1. The summed E-state index contributed by atoms with van der Waals surface area (Å²) in [6.07, 6.45) is 1.85. The van der Waals surface area contributed by atoms with E-state index in [0.717, 1.165) is 25.6 Å². The van der Waals surface area contributed by atoms with Crippen molar-refractivity contribution in [3.63, 3.8) is 0 Å². The highest BCUT2D eigenvalue weighted by atomic mass is 19.1. The number of nitrogens with one attached hydrogen (secondary N) is 1. The van der Waals surface area contributed by atoms with Crippen molar-refractivity contribution >= 4 is 13.6 Å². The van der Waals surface area contributed by atoms with E-state index in [2.05, 4.69) is 5.32 Å². The molecule has 0 aromatic rings. The summed E-state index contributed by atoms with van der Waals surface area (Å²) in [7, 11) is 3.29. The highest BCUT2D eigenvalue weighted by Crippen LogP contribution is 2.36. The molecular weight excluding hydrogens is 182 g/mol. The fourth-order valence-corrected chi connectivity index (χ4v) is 2.83. The standard InChI is InChI=1S/C9H15BFN2O/c1-12-9-6-2-3-7(8(9)11)13(4-6)10-5-14/h5-9,12H,2-4H2,1H3/t6?,7?,8-,9+/m1/s1. The zero-order chi connectivity index (χ0) is 10.1. The van der Waals surface area contributed by atoms with E-state index >= 15 is 0 Å². The first-order chi connectivity index (χ1) is 6.77. The SMILES string of the molecule is CN[C@H]1C2CCC([C@H]1F)N([B]C=O)C2. The lowest BCUT2D eigenvalue weighted by molar-refractivity contribution is 0.00339. The normalized spacial score (nSPS) is 42.4. The van der Waals surface area contributed by atoms with Crippen molar-refractivity contribution in [1.29, 1.82) is 0 Å². The van der Waals surface area contributed by atoms with Gasteiger partial charge in [-0.1, -0.05) is 0 Å². The minimum Gasteiger partial charge on any atom is -0.334 e. The first-order valence-electron chi connectivity index (χ1n) is 5.13. The van der Waals surface area contributed by atoms with Gasteiger partial charge in [0, 0.05) is 12.1 Å². The van der Waals surface area contributed by atoms with E-state index in [1.807, 2.05) is 11.9 Å². The molecule has 2 bridgehead atoms. The van der Waals surface area contributed by atoms with Crippen LogP contribution in [-0.2, 0) is 4.79 Å². The molecule has 0 aromatic heterocycles. The lowest BCUT2D eigenvalue weighted by atomic mass is 9.70. The smallest absolute Gasteiger partial charge is 0.293 e. The second-order valence-electron chi connectivity index (χ2n) is 4.15. The van der Waals surface area contributed by atoms with Gasteiger partial charge < -0.3 is 14.9 Å². The summed E-state index contributed by atoms with van der Waals surface area (Å²) in [5.74, 6) is 0.344. The molecule has 3 aliphatic rings. The number of carbonyl (C=O) groups is 1. The first kappa shape index (κ1) is 10.1. The second kappa shape index (κ2) is 3.99. The van der Waals surface area contributed by atoms with Crippen molar-refractivity contribution < 1.29 is 9.18 Å². The van der Waals surface area contributed by atoms with Gasteiger partial charge in [-0.15, -0.1) is 0 Å². The van der Waals surface area contributed by atoms with Crippen molar-refractivity contribution in [1.82, 2.24) is 10.1 Å². The quantitative estimate of drug-likeness (QED) is 0.503. The van der Waals surface area contributed by atoms with Crippen LogP contribution in [0.3, 0.4) is 0 Å². The van der Waals surface area contributed by atoms with E-state index < -0.39 is 6.17 Å². The monoisotopic (exact) mass is 197 g/mol. The van der Waals surface area contributed by atoms with Gasteiger partial charge in [-0.3, -0.25) is 0 Å². The molecule has 14 heavy (non-hydrogen) atoms. The van der Waals surface area contributed by atoms with Gasteiger partial charge in [-0.05, 0) is 32.4 Å². The third-order valence-electron chi connectivity index (χ3n) is 3.51. The minimum atomic E-state index is -0.844. The summed E-state index contributed by atoms with van der Waals surface area (Å²) < 4.78 is 13.9. The van der Waals surface area contributed by atoms with Crippen LogP contribution in [0.1, 0.15) is 12.8 Å². The molecule has 3 fully saturated rings. The molecule has 3 nitrogen and oxygen atoms in total. The van der Waals surface area contributed by atoms with Crippen molar-refractivity contribution in [2.75, 3.05) is 13.6 Å². The van der Waals surface area contributed by atoms with Crippen LogP contribution in [0.25, 0.3) is 0 Å². The van der Waals surface area contributed by atoms with Crippen molar-refractivity contribution in [2.24, 2.45) is 5.92 Å². The van der Waals surface area contributed by atoms with E-state index in [4.69, 9.17) is 0 Å². The Hall–Kier alpha value is -0.415. The molecule has 2 unspecified atom stereocenters. The van der Waals surface area contributed by atoms with Crippen LogP contribution in [0.4, 0.5) is 4.39 Å². The maximum atomic E-state index is 13.9. The molecule has 0 aromatic carbocycles. The summed E-state index contributed by atoms with van der Waals surface area (Å²) in [6.45, 7) is 0.815. The molecule has 0 amide bonds. The number of fused-ring (bicyclic) bond motifs is 3. The molecule has 4 atom stereocenters. The van der Waals surface area contributed by atoms with E-state index in [1.54, 1.807) is 0 Å². The molecule has 2 saturated heterocycles. The maximum Gasteiger partial charge on any atom is 0.293 e. The summed E-state index contributed by atoms with van der Waals surface area (Å²) in [5, 5.41) is 3.04. The Balaban J connectivity index is 2.08. The molecule has 1 saturated carbocycles. The van der Waals surface area contributed by atoms with Gasteiger partial charge in [0.2, 0.25) is 0 Å². The van der Waals surface area contributed by atoms with Crippen molar-refractivity contribution in [3.05, 3.63) is 0 Å². The fourth-order valence-electron chi connectivity index (χ4n) is 2.83. The number of hydrogen-bond donors (Lipinski definition) is 1. The molecule has 5 heteroatoms. The molecule has 0 spiro atoms. The Morgan fingerprint density at radius 3 is 2.93 bits per heavy atom. The number of hydrogen-bond acceptors (Lipinski definition) is 3. The number of rotatable bonds is 3. The molecule has 2 aliphatic heterocycles. The molecule has 2 heterocycles. The molecule has 1 N–H and O–H groups in total. The molecule has 1 radical (unpaired) electrons. The number of piperidine rings is 2. The number of carbonyl (C=O) groups excluding carboxylic acids is 1. The van der Waals surface area contributed by atoms with Crippen LogP contribution in [-0.4, -0.2) is 50.3 Å². The third kappa shape index (κ3) is 1.48. The summed E-state index contributed by atoms with van der Waals surface area (Å²) >= 11 is 0. The average molecular weight is 197 g/mol. The van der Waals surface area contributed by atoms with Crippen LogP contribution >= 0.6 is 0 Å². The summed E-state index contributed by atoms with van der Waals surface area (Å²) in [5.41, 5.74) is 0. The van der Waals surface area contributed by atoms with E-state index in [0.29, 0.717) is 5.92 Å². The Labute approximate surface area is 84.3 Å². The lowest BCUT2D eigenvalue weighted by Crippen LogP contribution is -2.65. The maximum absolute atomic E-state index is 13.9. The number of nitrogens with zero attached hydrogens (tertiary/aromatic N) is 1. The van der Waals surface area contributed by atoms with E-state index in [-0.39, 0.29) is 12.1 Å². The third-order valence-corrected chi connectivity index (χ3v) is 3.51. The molecule has 3 rings (SSSR count). The van der Waals surface area contributed by atoms with Gasteiger partial charge in [0.05, 0.1) is 6.19 Å². The largest absolute Gasteiger partial charge is 0.334 e. The Kier molecular flexibility index (Phi) is 2.88. The van der Waals surface area contributed by atoms with Crippen LogP contribution < -0.4 is 5.32 Å². The fraction of sp³-hybridized carbons (Fsp3) is 0.889. The minimum absolute atomic E-state index is 0.0231. The van der Waals surface area contributed by atoms with Crippen LogP contribution in [0.15, 0.2) is 0 Å².